The molecule has 3 aromatic carbocycles. The minimum Gasteiger partial charge on any atom is -0.507 e. The highest BCUT2D eigenvalue weighted by Gasteiger charge is 2.46. The molecule has 0 aromatic heterocycles. The summed E-state index contributed by atoms with van der Waals surface area (Å²) in [5.41, 5.74) is 3.42. The third-order valence-electron chi connectivity index (χ3n) is 5.88. The Hall–Kier alpha value is -3.86. The van der Waals surface area contributed by atoms with Crippen molar-refractivity contribution in [2.75, 3.05) is 6.61 Å². The number of aryl methyl sites for hydroxylation is 1. The SMILES string of the molecule is CCOc1ccc(C(O)=C2C(=O)C(=O)N(Cc3ccccc3)C2c2ccc(CC)cc2)cc1. The molecule has 0 radical (unpaired) electrons. The number of aliphatic hydroxyl groups is 1. The molecule has 168 valence electrons. The second kappa shape index (κ2) is 9.74. The van der Waals surface area contributed by atoms with Gasteiger partial charge in [-0.05, 0) is 54.3 Å². The van der Waals surface area contributed by atoms with Crippen molar-refractivity contribution < 1.29 is 19.4 Å². The molecule has 1 heterocycles. The fourth-order valence-corrected chi connectivity index (χ4v) is 4.14. The van der Waals surface area contributed by atoms with Crippen LogP contribution in [-0.4, -0.2) is 28.3 Å². The Kier molecular flexibility index (Phi) is 6.59. The van der Waals surface area contributed by atoms with Crippen LogP contribution in [0, 0.1) is 0 Å². The number of ether oxygens (including phenoxy) is 1. The maximum absolute atomic E-state index is 13.2. The van der Waals surface area contributed by atoms with Crippen molar-refractivity contribution in [3.05, 3.63) is 107 Å². The number of likely N-dealkylation sites (tertiary alicyclic amines) is 1. The second-order valence-electron chi connectivity index (χ2n) is 7.97. The zero-order valence-corrected chi connectivity index (χ0v) is 18.8. The third kappa shape index (κ3) is 4.53. The van der Waals surface area contributed by atoms with E-state index in [2.05, 4.69) is 6.92 Å². The summed E-state index contributed by atoms with van der Waals surface area (Å²) in [4.78, 5) is 27.8. The number of Topliss-reactive ketones (excluding diaryl/α,β-unsaturated/α-hetero) is 1. The van der Waals surface area contributed by atoms with Crippen LogP contribution in [-0.2, 0) is 22.6 Å². The Labute approximate surface area is 193 Å². The van der Waals surface area contributed by atoms with E-state index in [0.29, 0.717) is 17.9 Å². The van der Waals surface area contributed by atoms with Gasteiger partial charge in [0.1, 0.15) is 11.5 Å². The summed E-state index contributed by atoms with van der Waals surface area (Å²) in [6, 6.07) is 23.6. The molecule has 0 bridgehead atoms. The van der Waals surface area contributed by atoms with Gasteiger partial charge in [0.2, 0.25) is 0 Å². The largest absolute Gasteiger partial charge is 0.507 e. The van der Waals surface area contributed by atoms with Gasteiger partial charge in [-0.25, -0.2) is 0 Å². The van der Waals surface area contributed by atoms with Gasteiger partial charge >= 0.3 is 0 Å². The lowest BCUT2D eigenvalue weighted by molar-refractivity contribution is -0.140. The smallest absolute Gasteiger partial charge is 0.295 e. The number of carbonyl (C=O) groups excluding carboxylic acids is 2. The van der Waals surface area contributed by atoms with Crippen LogP contribution < -0.4 is 4.74 Å². The topological polar surface area (TPSA) is 66.8 Å². The Morgan fingerprint density at radius 1 is 0.879 bits per heavy atom. The zero-order valence-electron chi connectivity index (χ0n) is 18.8. The van der Waals surface area contributed by atoms with Crippen LogP contribution in [0.2, 0.25) is 0 Å². The molecule has 1 aliphatic rings. The lowest BCUT2D eigenvalue weighted by Gasteiger charge is -2.25. The fourth-order valence-electron chi connectivity index (χ4n) is 4.14. The summed E-state index contributed by atoms with van der Waals surface area (Å²) in [6.07, 6.45) is 0.886. The predicted molar refractivity (Wildman–Crippen MR) is 128 cm³/mol. The fraction of sp³-hybridized carbons (Fsp3) is 0.214. The standard InChI is InChI=1S/C28H27NO4/c1-3-19-10-12-21(13-11-19)25-24(26(30)22-14-16-23(17-15-22)33-4-2)27(31)28(32)29(25)18-20-8-6-5-7-9-20/h5-17,25,30H,3-4,18H2,1-2H3. The maximum Gasteiger partial charge on any atom is 0.295 e. The summed E-state index contributed by atoms with van der Waals surface area (Å²) in [5.74, 6) is -0.806. The van der Waals surface area contributed by atoms with Crippen molar-refractivity contribution in [2.45, 2.75) is 32.9 Å². The number of carbonyl (C=O) groups is 2. The number of hydrogen-bond donors (Lipinski definition) is 1. The van der Waals surface area contributed by atoms with Crippen molar-refractivity contribution in [1.82, 2.24) is 4.90 Å². The normalized spacial score (nSPS) is 17.4. The summed E-state index contributed by atoms with van der Waals surface area (Å²) in [5, 5.41) is 11.2. The van der Waals surface area contributed by atoms with E-state index in [1.54, 1.807) is 29.2 Å². The quantitative estimate of drug-likeness (QED) is 0.308. The van der Waals surface area contributed by atoms with Gasteiger partial charge in [-0.1, -0.05) is 61.5 Å². The molecule has 1 amide bonds. The molecule has 33 heavy (non-hydrogen) atoms. The average Bonchev–Trinajstić information content (AvgIpc) is 3.10. The highest BCUT2D eigenvalue weighted by Crippen LogP contribution is 2.40. The summed E-state index contributed by atoms with van der Waals surface area (Å²) < 4.78 is 5.47. The van der Waals surface area contributed by atoms with Crippen LogP contribution >= 0.6 is 0 Å². The Morgan fingerprint density at radius 3 is 2.15 bits per heavy atom. The first-order valence-electron chi connectivity index (χ1n) is 11.2. The van der Waals surface area contributed by atoms with E-state index < -0.39 is 17.7 Å². The van der Waals surface area contributed by atoms with E-state index in [1.165, 1.54) is 0 Å². The molecular formula is C28H27NO4. The van der Waals surface area contributed by atoms with Gasteiger partial charge in [-0.3, -0.25) is 9.59 Å². The number of amides is 1. The van der Waals surface area contributed by atoms with Gasteiger partial charge in [0, 0.05) is 12.1 Å². The second-order valence-corrected chi connectivity index (χ2v) is 7.97. The Balaban J connectivity index is 1.81. The van der Waals surface area contributed by atoms with Crippen molar-refractivity contribution >= 4 is 17.4 Å². The first-order chi connectivity index (χ1) is 16.0. The lowest BCUT2D eigenvalue weighted by atomic mass is 9.94. The molecule has 5 nitrogen and oxygen atoms in total. The van der Waals surface area contributed by atoms with E-state index in [0.717, 1.165) is 23.1 Å². The van der Waals surface area contributed by atoms with Crippen molar-refractivity contribution in [2.24, 2.45) is 0 Å². The molecule has 3 aromatic rings. The number of ketones is 1. The van der Waals surface area contributed by atoms with Crippen LogP contribution in [0.25, 0.3) is 5.76 Å². The highest BCUT2D eigenvalue weighted by atomic mass is 16.5. The van der Waals surface area contributed by atoms with Crippen LogP contribution in [0.15, 0.2) is 84.4 Å². The molecule has 1 N–H and O–H groups in total. The molecule has 1 saturated heterocycles. The molecule has 5 heteroatoms. The van der Waals surface area contributed by atoms with E-state index in [1.807, 2.05) is 61.5 Å². The van der Waals surface area contributed by atoms with Gasteiger partial charge in [0.05, 0.1) is 18.2 Å². The first-order valence-corrected chi connectivity index (χ1v) is 11.2. The molecule has 0 aliphatic carbocycles. The number of rotatable bonds is 7. The van der Waals surface area contributed by atoms with Crippen LogP contribution in [0.5, 0.6) is 5.75 Å². The molecule has 0 saturated carbocycles. The van der Waals surface area contributed by atoms with Crippen molar-refractivity contribution in [3.8, 4) is 5.75 Å². The molecule has 1 atom stereocenters. The summed E-state index contributed by atoms with van der Waals surface area (Å²) in [6.45, 7) is 4.77. The van der Waals surface area contributed by atoms with Gasteiger partial charge in [-0.15, -0.1) is 0 Å². The van der Waals surface area contributed by atoms with E-state index in [-0.39, 0.29) is 17.9 Å². The lowest BCUT2D eigenvalue weighted by Crippen LogP contribution is -2.29. The molecule has 1 unspecified atom stereocenters. The number of aliphatic hydroxyl groups excluding tert-OH is 1. The Bertz CT molecular complexity index is 1160. The minimum atomic E-state index is -0.679. The predicted octanol–water partition coefficient (Wildman–Crippen LogP) is 5.27. The number of benzene rings is 3. The van der Waals surface area contributed by atoms with Crippen LogP contribution in [0.4, 0.5) is 0 Å². The van der Waals surface area contributed by atoms with Gasteiger partial charge in [0.25, 0.3) is 11.7 Å². The maximum atomic E-state index is 13.2. The van der Waals surface area contributed by atoms with E-state index >= 15 is 0 Å². The monoisotopic (exact) mass is 441 g/mol. The molecular weight excluding hydrogens is 414 g/mol. The first kappa shape index (κ1) is 22.3. The third-order valence-corrected chi connectivity index (χ3v) is 5.88. The summed E-state index contributed by atoms with van der Waals surface area (Å²) >= 11 is 0. The molecule has 1 aliphatic heterocycles. The van der Waals surface area contributed by atoms with Crippen LogP contribution in [0.1, 0.15) is 42.1 Å². The number of nitrogens with zero attached hydrogens (tertiary/aromatic N) is 1. The van der Waals surface area contributed by atoms with Gasteiger partial charge in [0.15, 0.2) is 0 Å². The Morgan fingerprint density at radius 2 is 1.55 bits per heavy atom. The van der Waals surface area contributed by atoms with E-state index in [4.69, 9.17) is 4.74 Å². The molecule has 4 rings (SSSR count). The highest BCUT2D eigenvalue weighted by molar-refractivity contribution is 6.46. The van der Waals surface area contributed by atoms with E-state index in [9.17, 15) is 14.7 Å². The number of hydrogen-bond acceptors (Lipinski definition) is 4. The van der Waals surface area contributed by atoms with Crippen LogP contribution in [0.3, 0.4) is 0 Å². The summed E-state index contributed by atoms with van der Waals surface area (Å²) in [7, 11) is 0. The minimum absolute atomic E-state index is 0.101. The molecule has 0 spiro atoms. The van der Waals surface area contributed by atoms with Gasteiger partial charge in [-0.2, -0.15) is 0 Å². The molecule has 1 fully saturated rings. The van der Waals surface area contributed by atoms with Gasteiger partial charge < -0.3 is 14.7 Å². The van der Waals surface area contributed by atoms with Crippen molar-refractivity contribution in [1.29, 1.82) is 0 Å². The van der Waals surface area contributed by atoms with Crippen molar-refractivity contribution in [3.63, 3.8) is 0 Å². The average molecular weight is 442 g/mol. The zero-order chi connectivity index (χ0) is 23.4.